The molecule has 13 heavy (non-hydrogen) atoms. The molecule has 0 aliphatic carbocycles. The lowest BCUT2D eigenvalue weighted by Gasteiger charge is -1.85. The van der Waals surface area contributed by atoms with Crippen LogP contribution in [0.2, 0.25) is 0 Å². The molecule has 0 nitrogen and oxygen atoms in total. The van der Waals surface area contributed by atoms with E-state index in [2.05, 4.69) is 17.2 Å². The Morgan fingerprint density at radius 3 is 2.54 bits per heavy atom. The molecular formula is C12H7S. The van der Waals surface area contributed by atoms with Gasteiger partial charge in [-0.3, -0.25) is 0 Å². The van der Waals surface area contributed by atoms with Crippen molar-refractivity contribution in [3.05, 3.63) is 58.3 Å². The molecule has 0 aliphatic heterocycles. The molecule has 1 radical (unpaired) electrons. The Morgan fingerprint density at radius 2 is 1.85 bits per heavy atom. The van der Waals surface area contributed by atoms with Gasteiger partial charge in [0.1, 0.15) is 0 Å². The predicted molar refractivity (Wildman–Crippen MR) is 55.6 cm³/mol. The fourth-order valence-electron chi connectivity index (χ4n) is 0.964. The van der Waals surface area contributed by atoms with Crippen molar-refractivity contribution in [1.82, 2.24) is 0 Å². The molecule has 2 aromatic rings. The van der Waals surface area contributed by atoms with Crippen molar-refractivity contribution >= 4 is 11.3 Å². The van der Waals surface area contributed by atoms with Crippen LogP contribution in [0.5, 0.6) is 0 Å². The molecule has 0 bridgehead atoms. The van der Waals surface area contributed by atoms with Crippen LogP contribution in [0.25, 0.3) is 0 Å². The van der Waals surface area contributed by atoms with E-state index in [-0.39, 0.29) is 0 Å². The van der Waals surface area contributed by atoms with Crippen LogP contribution in [-0.2, 0) is 0 Å². The quantitative estimate of drug-likeness (QED) is 0.551. The van der Waals surface area contributed by atoms with Gasteiger partial charge in [-0.25, -0.2) is 0 Å². The van der Waals surface area contributed by atoms with Crippen LogP contribution >= 0.6 is 11.3 Å². The number of thiophene rings is 1. The van der Waals surface area contributed by atoms with Crippen molar-refractivity contribution in [3.63, 3.8) is 0 Å². The summed E-state index contributed by atoms with van der Waals surface area (Å²) >= 11 is 1.54. The molecule has 1 aromatic carbocycles. The maximum absolute atomic E-state index is 3.09. The zero-order chi connectivity index (χ0) is 8.93. The van der Waals surface area contributed by atoms with Crippen LogP contribution in [0.15, 0.2) is 42.5 Å². The van der Waals surface area contributed by atoms with Gasteiger partial charge in [-0.15, -0.1) is 11.3 Å². The summed E-state index contributed by atoms with van der Waals surface area (Å²) in [6, 6.07) is 13.8. The van der Waals surface area contributed by atoms with Crippen molar-refractivity contribution in [2.75, 3.05) is 0 Å². The summed E-state index contributed by atoms with van der Waals surface area (Å²) in [4.78, 5) is 1.06. The van der Waals surface area contributed by atoms with Gasteiger partial charge in [0, 0.05) is 10.9 Å². The fraction of sp³-hybridized carbons (Fsp3) is 0. The first-order valence-corrected chi connectivity index (χ1v) is 4.80. The van der Waals surface area contributed by atoms with E-state index in [1.807, 2.05) is 42.5 Å². The van der Waals surface area contributed by atoms with E-state index >= 15 is 0 Å². The third kappa shape index (κ3) is 2.21. The third-order valence-corrected chi connectivity index (χ3v) is 2.29. The topological polar surface area (TPSA) is 0 Å². The van der Waals surface area contributed by atoms with Crippen LogP contribution in [0.4, 0.5) is 0 Å². The van der Waals surface area contributed by atoms with E-state index < -0.39 is 0 Å². The van der Waals surface area contributed by atoms with Gasteiger partial charge in [0.15, 0.2) is 0 Å². The summed E-state index contributed by atoms with van der Waals surface area (Å²) in [7, 11) is 0. The van der Waals surface area contributed by atoms with Crippen LogP contribution in [-0.4, -0.2) is 0 Å². The molecule has 2 rings (SSSR count). The molecule has 1 heteroatoms. The maximum atomic E-state index is 3.09. The van der Waals surface area contributed by atoms with Gasteiger partial charge < -0.3 is 0 Å². The number of benzene rings is 1. The van der Waals surface area contributed by atoms with Crippen molar-refractivity contribution in [2.24, 2.45) is 0 Å². The van der Waals surface area contributed by atoms with Crippen LogP contribution < -0.4 is 0 Å². The first-order chi connectivity index (χ1) is 6.45. The highest BCUT2D eigenvalue weighted by molar-refractivity contribution is 7.10. The van der Waals surface area contributed by atoms with Crippen LogP contribution in [0.1, 0.15) is 10.4 Å². The van der Waals surface area contributed by atoms with E-state index in [4.69, 9.17) is 0 Å². The van der Waals surface area contributed by atoms with E-state index in [0.717, 1.165) is 10.4 Å². The molecule has 0 saturated carbocycles. The highest BCUT2D eigenvalue weighted by atomic mass is 32.1. The van der Waals surface area contributed by atoms with Gasteiger partial charge in [0.05, 0.1) is 4.88 Å². The summed E-state index contributed by atoms with van der Waals surface area (Å²) in [5, 5.41) is 3.01. The smallest absolute Gasteiger partial charge is 0.0779 e. The summed E-state index contributed by atoms with van der Waals surface area (Å²) in [5.74, 6) is 6.17. The SMILES string of the molecule is C(#Cc1cc[c]s1)c1ccccc1. The van der Waals surface area contributed by atoms with Crippen molar-refractivity contribution in [2.45, 2.75) is 0 Å². The molecule has 1 heterocycles. The molecule has 0 aliphatic rings. The molecule has 0 unspecified atom stereocenters. The summed E-state index contributed by atoms with van der Waals surface area (Å²) in [6.45, 7) is 0. The minimum absolute atomic E-state index is 1.05. The molecule has 0 spiro atoms. The molecule has 0 saturated heterocycles. The third-order valence-electron chi connectivity index (χ3n) is 1.58. The van der Waals surface area contributed by atoms with Gasteiger partial charge in [-0.2, -0.15) is 0 Å². The second-order valence-corrected chi connectivity index (χ2v) is 3.41. The minimum atomic E-state index is 1.05. The minimum Gasteiger partial charge on any atom is -0.126 e. The first kappa shape index (κ1) is 8.10. The van der Waals surface area contributed by atoms with Crippen LogP contribution in [0, 0.1) is 17.2 Å². The van der Waals surface area contributed by atoms with Crippen LogP contribution in [0.3, 0.4) is 0 Å². The Labute approximate surface area is 81.9 Å². The zero-order valence-corrected chi connectivity index (χ0v) is 7.77. The van der Waals surface area contributed by atoms with Gasteiger partial charge >= 0.3 is 0 Å². The van der Waals surface area contributed by atoms with Crippen molar-refractivity contribution < 1.29 is 0 Å². The Bertz CT molecular complexity index is 415. The summed E-state index contributed by atoms with van der Waals surface area (Å²) < 4.78 is 0. The monoisotopic (exact) mass is 183 g/mol. The average molecular weight is 183 g/mol. The molecule has 1 aromatic heterocycles. The lowest BCUT2D eigenvalue weighted by atomic mass is 10.2. The highest BCUT2D eigenvalue weighted by Gasteiger charge is 1.85. The second-order valence-electron chi connectivity index (χ2n) is 2.53. The lowest BCUT2D eigenvalue weighted by molar-refractivity contribution is 1.65. The average Bonchev–Trinajstić information content (AvgIpc) is 2.69. The Kier molecular flexibility index (Phi) is 2.45. The van der Waals surface area contributed by atoms with Gasteiger partial charge in [0.25, 0.3) is 0 Å². The summed E-state index contributed by atoms with van der Waals surface area (Å²) in [6.07, 6.45) is 0. The molecule has 0 amide bonds. The van der Waals surface area contributed by atoms with Crippen molar-refractivity contribution in [1.29, 1.82) is 0 Å². The largest absolute Gasteiger partial charge is 0.126 e. The summed E-state index contributed by atoms with van der Waals surface area (Å²) in [5.41, 5.74) is 1.05. The second kappa shape index (κ2) is 3.93. The normalized spacial score (nSPS) is 8.92. The number of hydrogen-bond donors (Lipinski definition) is 0. The maximum Gasteiger partial charge on any atom is 0.0779 e. The Hall–Kier alpha value is -1.52. The Morgan fingerprint density at radius 1 is 1.00 bits per heavy atom. The molecule has 0 N–H and O–H groups in total. The molecule has 0 fully saturated rings. The highest BCUT2D eigenvalue weighted by Crippen LogP contribution is 2.05. The lowest BCUT2D eigenvalue weighted by Crippen LogP contribution is -1.70. The molecular weight excluding hydrogens is 176 g/mol. The van der Waals surface area contributed by atoms with E-state index in [1.165, 1.54) is 0 Å². The first-order valence-electron chi connectivity index (χ1n) is 3.98. The van der Waals surface area contributed by atoms with E-state index in [0.29, 0.717) is 0 Å². The van der Waals surface area contributed by atoms with Gasteiger partial charge in [-0.05, 0) is 24.3 Å². The van der Waals surface area contributed by atoms with Gasteiger partial charge in [-0.1, -0.05) is 30.0 Å². The fourth-order valence-corrected chi connectivity index (χ4v) is 1.46. The van der Waals surface area contributed by atoms with Gasteiger partial charge in [0.2, 0.25) is 0 Å². The Balaban J connectivity index is 2.23. The standard InChI is InChI=1S/C12H7S/c1-2-5-11(6-3-1)8-9-12-7-4-10-13-12/h1-7H. The number of hydrogen-bond acceptors (Lipinski definition) is 1. The zero-order valence-electron chi connectivity index (χ0n) is 6.95. The molecule has 0 atom stereocenters. The molecule has 61 valence electrons. The van der Waals surface area contributed by atoms with E-state index in [9.17, 15) is 0 Å². The van der Waals surface area contributed by atoms with E-state index in [1.54, 1.807) is 11.3 Å². The predicted octanol–water partition coefficient (Wildman–Crippen LogP) is 2.95. The van der Waals surface area contributed by atoms with Crippen molar-refractivity contribution in [3.8, 4) is 11.8 Å². The number of rotatable bonds is 0.